The van der Waals surface area contributed by atoms with Gasteiger partial charge in [-0.3, -0.25) is 0 Å². The molecule has 52 heavy (non-hydrogen) atoms. The Labute approximate surface area is 303 Å². The minimum absolute atomic E-state index is 0.843. The van der Waals surface area contributed by atoms with Crippen molar-refractivity contribution in [2.45, 2.75) is 38.9 Å². The van der Waals surface area contributed by atoms with E-state index in [0.717, 1.165) is 66.8 Å². The Bertz CT molecular complexity index is 2530. The van der Waals surface area contributed by atoms with Gasteiger partial charge in [-0.1, -0.05) is 103 Å². The summed E-state index contributed by atoms with van der Waals surface area (Å²) in [6, 6.07) is 55.3. The van der Waals surface area contributed by atoms with E-state index in [-0.39, 0.29) is 0 Å². The first kappa shape index (κ1) is 32.0. The number of nitrogens with zero attached hydrogens (tertiary/aromatic N) is 2. The predicted molar refractivity (Wildman–Crippen MR) is 216 cm³/mol. The molecule has 9 rings (SSSR count). The lowest BCUT2D eigenvalue weighted by atomic mass is 9.86. The molecule has 254 valence electrons. The summed E-state index contributed by atoms with van der Waals surface area (Å²) in [6.45, 7) is 7.38. The highest BCUT2D eigenvalue weighted by molar-refractivity contribution is 6.10. The van der Waals surface area contributed by atoms with Gasteiger partial charge in [0.15, 0.2) is 0 Å². The van der Waals surface area contributed by atoms with Crippen LogP contribution >= 0.6 is 0 Å². The molecule has 0 saturated heterocycles. The molecule has 0 atom stereocenters. The van der Waals surface area contributed by atoms with Gasteiger partial charge in [-0.05, 0) is 116 Å². The average Bonchev–Trinajstić information content (AvgIpc) is 3.67. The first-order valence-electron chi connectivity index (χ1n) is 17.9. The maximum atomic E-state index is 11.5. The summed E-state index contributed by atoms with van der Waals surface area (Å²) in [5, 5.41) is 27.8. The Balaban J connectivity index is 1.26. The minimum atomic E-state index is -1.08. The SMILES string of the molecule is CC(C)(O)c1ccc(-n2c3ccccc3c3ccccc32)cc1-c1cccc(-c2cc(-n3c4ccccc4c4ccccc43)ccc2C(C)(C)O)c1. The Kier molecular flexibility index (Phi) is 7.27. The van der Waals surface area contributed by atoms with Crippen LogP contribution in [0.5, 0.6) is 0 Å². The van der Waals surface area contributed by atoms with Crippen LogP contribution in [0, 0.1) is 0 Å². The van der Waals surface area contributed by atoms with Crippen molar-refractivity contribution in [1.82, 2.24) is 9.13 Å². The van der Waals surface area contributed by atoms with Crippen LogP contribution in [0.25, 0.3) is 77.2 Å². The molecule has 4 heteroatoms. The third-order valence-electron chi connectivity index (χ3n) is 10.5. The third-order valence-corrected chi connectivity index (χ3v) is 10.5. The molecule has 9 aromatic rings. The Morgan fingerprint density at radius 3 is 1.02 bits per heavy atom. The van der Waals surface area contributed by atoms with Crippen molar-refractivity contribution in [2.24, 2.45) is 0 Å². The number of aromatic nitrogens is 2. The fraction of sp³-hybridized carbons (Fsp3) is 0.125. The molecule has 0 radical (unpaired) electrons. The zero-order valence-corrected chi connectivity index (χ0v) is 29.8. The zero-order valence-electron chi connectivity index (χ0n) is 29.8. The van der Waals surface area contributed by atoms with E-state index in [4.69, 9.17) is 0 Å². The molecule has 2 aromatic heterocycles. The zero-order chi connectivity index (χ0) is 35.8. The second-order valence-corrected chi connectivity index (χ2v) is 14.9. The molecular weight excluding hydrogens is 637 g/mol. The van der Waals surface area contributed by atoms with E-state index in [2.05, 4.69) is 167 Å². The molecule has 4 nitrogen and oxygen atoms in total. The predicted octanol–water partition coefficient (Wildman–Crippen LogP) is 11.7. The van der Waals surface area contributed by atoms with Gasteiger partial charge in [0, 0.05) is 32.9 Å². The molecule has 0 spiro atoms. The highest BCUT2D eigenvalue weighted by Crippen LogP contribution is 2.41. The van der Waals surface area contributed by atoms with E-state index in [9.17, 15) is 10.2 Å². The van der Waals surface area contributed by atoms with E-state index in [1.807, 2.05) is 27.7 Å². The molecule has 7 aromatic carbocycles. The summed E-state index contributed by atoms with van der Waals surface area (Å²) in [6.07, 6.45) is 0. The minimum Gasteiger partial charge on any atom is -0.386 e. The lowest BCUT2D eigenvalue weighted by Crippen LogP contribution is -2.17. The number of hydrogen-bond donors (Lipinski definition) is 2. The van der Waals surface area contributed by atoms with Crippen LogP contribution in [0.15, 0.2) is 158 Å². The summed E-state index contributed by atoms with van der Waals surface area (Å²) < 4.78 is 4.63. The van der Waals surface area contributed by atoms with Crippen LogP contribution in [0.3, 0.4) is 0 Å². The number of aliphatic hydroxyl groups is 2. The van der Waals surface area contributed by atoms with Crippen LogP contribution in [-0.2, 0) is 11.2 Å². The first-order valence-corrected chi connectivity index (χ1v) is 17.9. The van der Waals surface area contributed by atoms with Gasteiger partial charge in [0.1, 0.15) is 0 Å². The van der Waals surface area contributed by atoms with Gasteiger partial charge in [-0.15, -0.1) is 0 Å². The normalized spacial score (nSPS) is 12.4. The number of hydrogen-bond acceptors (Lipinski definition) is 2. The molecule has 0 fully saturated rings. The van der Waals surface area contributed by atoms with E-state index >= 15 is 0 Å². The van der Waals surface area contributed by atoms with E-state index in [1.54, 1.807) is 0 Å². The van der Waals surface area contributed by atoms with Crippen molar-refractivity contribution < 1.29 is 10.2 Å². The molecule has 0 bridgehead atoms. The van der Waals surface area contributed by atoms with E-state index in [0.29, 0.717) is 0 Å². The topological polar surface area (TPSA) is 50.3 Å². The number of para-hydroxylation sites is 4. The lowest BCUT2D eigenvalue weighted by Gasteiger charge is -2.25. The smallest absolute Gasteiger partial charge is 0.0846 e. The van der Waals surface area contributed by atoms with Crippen LogP contribution in [0.1, 0.15) is 38.8 Å². The fourth-order valence-corrected chi connectivity index (χ4v) is 8.14. The van der Waals surface area contributed by atoms with Gasteiger partial charge >= 0.3 is 0 Å². The van der Waals surface area contributed by atoms with Crippen molar-refractivity contribution in [2.75, 3.05) is 0 Å². The summed E-state index contributed by atoms with van der Waals surface area (Å²) >= 11 is 0. The van der Waals surface area contributed by atoms with Crippen molar-refractivity contribution in [1.29, 1.82) is 0 Å². The molecule has 0 unspecified atom stereocenters. The number of benzene rings is 7. The summed E-state index contributed by atoms with van der Waals surface area (Å²) in [4.78, 5) is 0. The molecule has 0 aliphatic carbocycles. The van der Waals surface area contributed by atoms with Crippen molar-refractivity contribution >= 4 is 43.6 Å². The molecule has 0 aliphatic rings. The van der Waals surface area contributed by atoms with Gasteiger partial charge in [0.25, 0.3) is 0 Å². The van der Waals surface area contributed by atoms with E-state index in [1.165, 1.54) is 21.5 Å². The first-order chi connectivity index (χ1) is 25.1. The highest BCUT2D eigenvalue weighted by atomic mass is 16.3. The van der Waals surface area contributed by atoms with E-state index < -0.39 is 11.2 Å². The molecule has 2 N–H and O–H groups in total. The lowest BCUT2D eigenvalue weighted by molar-refractivity contribution is 0.0786. The number of fused-ring (bicyclic) bond motifs is 6. The van der Waals surface area contributed by atoms with Crippen LogP contribution in [0.2, 0.25) is 0 Å². The van der Waals surface area contributed by atoms with Crippen molar-refractivity contribution in [3.63, 3.8) is 0 Å². The molecule has 2 heterocycles. The quantitative estimate of drug-likeness (QED) is 0.184. The Morgan fingerprint density at radius 2 is 0.692 bits per heavy atom. The highest BCUT2D eigenvalue weighted by Gasteiger charge is 2.25. The second-order valence-electron chi connectivity index (χ2n) is 14.9. The summed E-state index contributed by atoms with van der Waals surface area (Å²) in [5.74, 6) is 0. The maximum absolute atomic E-state index is 11.5. The Morgan fingerprint density at radius 1 is 0.365 bits per heavy atom. The molecule has 0 saturated carbocycles. The second kappa shape index (κ2) is 11.8. The largest absolute Gasteiger partial charge is 0.386 e. The standard InChI is InChI=1S/C48H40N2O2/c1-47(2,51)41-26-24-33(49-43-20-9-5-16-35(43)36-17-6-10-21-44(36)49)29-39(41)31-14-13-15-32(28-31)40-30-34(25-27-42(40)48(3,4)52)50-45-22-11-7-18-37(45)38-19-8-12-23-46(38)50/h5-30,51-52H,1-4H3. The Hall–Kier alpha value is -5.94. The third kappa shape index (κ3) is 5.14. The summed E-state index contributed by atoms with van der Waals surface area (Å²) in [5.41, 5.74) is 9.99. The van der Waals surface area contributed by atoms with Crippen molar-refractivity contribution in [3.8, 4) is 33.6 Å². The van der Waals surface area contributed by atoms with Gasteiger partial charge in [-0.2, -0.15) is 0 Å². The van der Waals surface area contributed by atoms with Gasteiger partial charge < -0.3 is 19.3 Å². The summed E-state index contributed by atoms with van der Waals surface area (Å²) in [7, 11) is 0. The fourth-order valence-electron chi connectivity index (χ4n) is 8.14. The number of rotatable bonds is 6. The molecular formula is C48H40N2O2. The van der Waals surface area contributed by atoms with Gasteiger partial charge in [0.2, 0.25) is 0 Å². The molecule has 0 amide bonds. The average molecular weight is 677 g/mol. The van der Waals surface area contributed by atoms with Gasteiger partial charge in [-0.25, -0.2) is 0 Å². The van der Waals surface area contributed by atoms with Crippen molar-refractivity contribution in [3.05, 3.63) is 169 Å². The van der Waals surface area contributed by atoms with Gasteiger partial charge in [0.05, 0.1) is 33.3 Å². The monoisotopic (exact) mass is 676 g/mol. The maximum Gasteiger partial charge on any atom is 0.0846 e. The van der Waals surface area contributed by atoms with Crippen LogP contribution in [0.4, 0.5) is 0 Å². The van der Waals surface area contributed by atoms with Crippen LogP contribution < -0.4 is 0 Å². The van der Waals surface area contributed by atoms with Crippen LogP contribution in [-0.4, -0.2) is 19.3 Å². The molecule has 0 aliphatic heterocycles.